The Hall–Kier alpha value is -1.06. The fourth-order valence-electron chi connectivity index (χ4n) is 4.01. The molecule has 3 atom stereocenters. The van der Waals surface area contributed by atoms with E-state index in [0.717, 1.165) is 5.75 Å². The molecule has 21 heavy (non-hydrogen) atoms. The Morgan fingerprint density at radius 1 is 1.14 bits per heavy atom. The monoisotopic (exact) mass is 288 g/mol. The van der Waals surface area contributed by atoms with Gasteiger partial charge in [0, 0.05) is 18.1 Å². The van der Waals surface area contributed by atoms with Crippen LogP contribution in [0.4, 0.5) is 0 Å². The molecule has 3 rings (SSSR count). The molecule has 0 aromatic heterocycles. The summed E-state index contributed by atoms with van der Waals surface area (Å²) in [4.78, 5) is 2.73. The van der Waals surface area contributed by atoms with Gasteiger partial charge in [0.1, 0.15) is 5.75 Å². The number of likely N-dealkylation sites (tertiary alicyclic amines) is 1. The second kappa shape index (κ2) is 6.80. The Kier molecular flexibility index (Phi) is 4.81. The zero-order valence-corrected chi connectivity index (χ0v) is 13.3. The quantitative estimate of drug-likeness (QED) is 0.919. The average Bonchev–Trinajstić information content (AvgIpc) is 3.08. The second-order valence-electron chi connectivity index (χ2n) is 6.45. The van der Waals surface area contributed by atoms with Crippen molar-refractivity contribution in [3.63, 3.8) is 0 Å². The highest BCUT2D eigenvalue weighted by Gasteiger charge is 2.34. The van der Waals surface area contributed by atoms with E-state index in [1.807, 2.05) is 0 Å². The van der Waals surface area contributed by atoms with Crippen molar-refractivity contribution in [1.82, 2.24) is 10.2 Å². The van der Waals surface area contributed by atoms with E-state index in [4.69, 9.17) is 4.74 Å². The van der Waals surface area contributed by atoms with Gasteiger partial charge in [0.2, 0.25) is 0 Å². The summed E-state index contributed by atoms with van der Waals surface area (Å²) in [6, 6.07) is 10.5. The van der Waals surface area contributed by atoms with Gasteiger partial charge in [-0.25, -0.2) is 0 Å². The standard InChI is InChI=1S/C18H28N2O/c1-14(15-8-10-16(21-2)11-9-15)20-13-4-3-7-18(20)17-6-5-12-19-17/h8-11,14,17-19H,3-7,12-13H2,1-2H3. The number of piperidine rings is 1. The number of ether oxygens (including phenoxy) is 1. The lowest BCUT2D eigenvalue weighted by Crippen LogP contribution is -2.50. The number of nitrogens with one attached hydrogen (secondary N) is 1. The number of benzene rings is 1. The lowest BCUT2D eigenvalue weighted by molar-refractivity contribution is 0.0802. The summed E-state index contributed by atoms with van der Waals surface area (Å²) in [7, 11) is 1.73. The molecule has 0 radical (unpaired) electrons. The van der Waals surface area contributed by atoms with Gasteiger partial charge >= 0.3 is 0 Å². The number of hydrogen-bond donors (Lipinski definition) is 1. The van der Waals surface area contributed by atoms with E-state index < -0.39 is 0 Å². The molecular weight excluding hydrogens is 260 g/mol. The van der Waals surface area contributed by atoms with Gasteiger partial charge in [0.15, 0.2) is 0 Å². The smallest absolute Gasteiger partial charge is 0.118 e. The maximum absolute atomic E-state index is 5.27. The fourth-order valence-corrected chi connectivity index (χ4v) is 4.01. The van der Waals surface area contributed by atoms with E-state index in [1.165, 1.54) is 50.8 Å². The van der Waals surface area contributed by atoms with Crippen LogP contribution in [0.1, 0.15) is 50.6 Å². The minimum absolute atomic E-state index is 0.489. The Balaban J connectivity index is 1.74. The van der Waals surface area contributed by atoms with Crippen LogP contribution >= 0.6 is 0 Å². The van der Waals surface area contributed by atoms with E-state index in [1.54, 1.807) is 7.11 Å². The summed E-state index contributed by atoms with van der Waals surface area (Å²) in [5.74, 6) is 0.943. The number of methoxy groups -OCH3 is 1. The van der Waals surface area contributed by atoms with Crippen molar-refractivity contribution in [2.45, 2.75) is 57.2 Å². The minimum atomic E-state index is 0.489. The van der Waals surface area contributed by atoms with Crippen LogP contribution in [0.15, 0.2) is 24.3 Å². The molecule has 2 heterocycles. The molecule has 3 heteroatoms. The van der Waals surface area contributed by atoms with Crippen LogP contribution in [0.5, 0.6) is 5.75 Å². The van der Waals surface area contributed by atoms with Gasteiger partial charge in [-0.2, -0.15) is 0 Å². The molecule has 3 nitrogen and oxygen atoms in total. The molecule has 0 spiro atoms. The number of hydrogen-bond acceptors (Lipinski definition) is 3. The van der Waals surface area contributed by atoms with Gasteiger partial charge < -0.3 is 10.1 Å². The van der Waals surface area contributed by atoms with Crippen molar-refractivity contribution < 1.29 is 4.74 Å². The van der Waals surface area contributed by atoms with Gasteiger partial charge in [-0.1, -0.05) is 18.6 Å². The average molecular weight is 288 g/mol. The summed E-state index contributed by atoms with van der Waals surface area (Å²) in [6.07, 6.45) is 6.75. The van der Waals surface area contributed by atoms with Crippen molar-refractivity contribution in [2.75, 3.05) is 20.2 Å². The van der Waals surface area contributed by atoms with Crippen LogP contribution in [0.25, 0.3) is 0 Å². The molecular formula is C18H28N2O. The molecule has 116 valence electrons. The summed E-state index contributed by atoms with van der Waals surface area (Å²) >= 11 is 0. The van der Waals surface area contributed by atoms with E-state index in [2.05, 4.69) is 41.4 Å². The van der Waals surface area contributed by atoms with E-state index in [9.17, 15) is 0 Å². The molecule has 2 aliphatic rings. The first-order valence-electron chi connectivity index (χ1n) is 8.42. The Labute approximate surface area is 128 Å². The van der Waals surface area contributed by atoms with Gasteiger partial charge in [0.05, 0.1) is 7.11 Å². The molecule has 0 aliphatic carbocycles. The molecule has 0 bridgehead atoms. The third-order valence-electron chi connectivity index (χ3n) is 5.25. The number of rotatable bonds is 4. The maximum Gasteiger partial charge on any atom is 0.118 e. The van der Waals surface area contributed by atoms with E-state index in [0.29, 0.717) is 18.1 Å². The van der Waals surface area contributed by atoms with Crippen LogP contribution in [0.2, 0.25) is 0 Å². The Morgan fingerprint density at radius 2 is 1.95 bits per heavy atom. The van der Waals surface area contributed by atoms with Crippen LogP contribution in [-0.4, -0.2) is 37.2 Å². The topological polar surface area (TPSA) is 24.5 Å². The zero-order valence-electron chi connectivity index (χ0n) is 13.3. The molecule has 3 unspecified atom stereocenters. The SMILES string of the molecule is COc1ccc(C(C)N2CCCCC2C2CCCN2)cc1. The van der Waals surface area contributed by atoms with Crippen LogP contribution in [-0.2, 0) is 0 Å². The lowest BCUT2D eigenvalue weighted by Gasteiger charge is -2.43. The predicted molar refractivity (Wildman–Crippen MR) is 86.8 cm³/mol. The van der Waals surface area contributed by atoms with Gasteiger partial charge in [-0.05, 0) is 63.4 Å². The first-order valence-corrected chi connectivity index (χ1v) is 8.42. The first-order chi connectivity index (χ1) is 10.3. The summed E-state index contributed by atoms with van der Waals surface area (Å²) < 4.78 is 5.27. The lowest BCUT2D eigenvalue weighted by atomic mass is 9.91. The normalized spacial score (nSPS) is 28.5. The van der Waals surface area contributed by atoms with Gasteiger partial charge in [0.25, 0.3) is 0 Å². The maximum atomic E-state index is 5.27. The minimum Gasteiger partial charge on any atom is -0.497 e. The summed E-state index contributed by atoms with van der Waals surface area (Å²) in [5.41, 5.74) is 1.40. The van der Waals surface area contributed by atoms with Crippen molar-refractivity contribution >= 4 is 0 Å². The highest BCUT2D eigenvalue weighted by atomic mass is 16.5. The summed E-state index contributed by atoms with van der Waals surface area (Å²) in [5, 5.41) is 3.72. The van der Waals surface area contributed by atoms with E-state index in [-0.39, 0.29) is 0 Å². The van der Waals surface area contributed by atoms with Gasteiger partial charge in [-0.15, -0.1) is 0 Å². The van der Waals surface area contributed by atoms with Crippen LogP contribution in [0, 0.1) is 0 Å². The van der Waals surface area contributed by atoms with Crippen molar-refractivity contribution in [2.24, 2.45) is 0 Å². The first kappa shape index (κ1) is 14.9. The van der Waals surface area contributed by atoms with Crippen molar-refractivity contribution in [1.29, 1.82) is 0 Å². The van der Waals surface area contributed by atoms with Crippen LogP contribution in [0.3, 0.4) is 0 Å². The molecule has 2 aliphatic heterocycles. The van der Waals surface area contributed by atoms with Crippen molar-refractivity contribution in [3.8, 4) is 5.75 Å². The predicted octanol–water partition coefficient (Wildman–Crippen LogP) is 3.36. The molecule has 2 fully saturated rings. The third-order valence-corrected chi connectivity index (χ3v) is 5.25. The second-order valence-corrected chi connectivity index (χ2v) is 6.45. The molecule has 2 saturated heterocycles. The third kappa shape index (κ3) is 3.24. The highest BCUT2D eigenvalue weighted by molar-refractivity contribution is 5.29. The molecule has 1 aromatic rings. The fraction of sp³-hybridized carbons (Fsp3) is 0.667. The molecule has 1 N–H and O–H groups in total. The Bertz CT molecular complexity index is 439. The number of nitrogens with zero attached hydrogens (tertiary/aromatic N) is 1. The largest absolute Gasteiger partial charge is 0.497 e. The van der Waals surface area contributed by atoms with E-state index >= 15 is 0 Å². The molecule has 1 aromatic carbocycles. The summed E-state index contributed by atoms with van der Waals surface area (Å²) in [6.45, 7) is 4.79. The van der Waals surface area contributed by atoms with Gasteiger partial charge in [-0.3, -0.25) is 4.90 Å². The van der Waals surface area contributed by atoms with Crippen molar-refractivity contribution in [3.05, 3.63) is 29.8 Å². The zero-order chi connectivity index (χ0) is 14.7. The van der Waals surface area contributed by atoms with Crippen LogP contribution < -0.4 is 10.1 Å². The molecule has 0 saturated carbocycles. The Morgan fingerprint density at radius 3 is 2.62 bits per heavy atom. The molecule has 0 amide bonds. The highest BCUT2D eigenvalue weighted by Crippen LogP contribution is 2.32.